The summed E-state index contributed by atoms with van der Waals surface area (Å²) in [7, 11) is 1.63. The van der Waals surface area contributed by atoms with Gasteiger partial charge in [-0.25, -0.2) is 4.99 Å². The summed E-state index contributed by atoms with van der Waals surface area (Å²) in [5, 5.41) is 0.611. The third kappa shape index (κ3) is 5.75. The second-order valence-electron chi connectivity index (χ2n) is 8.16. The quantitative estimate of drug-likeness (QED) is 0.239. The molecule has 1 aromatic heterocycles. The van der Waals surface area contributed by atoms with E-state index in [1.165, 1.54) is 22.2 Å². The maximum atomic E-state index is 13.4. The predicted octanol–water partition coefficient (Wildman–Crippen LogP) is 7.55. The molecule has 1 amide bonds. The number of benzene rings is 3. The summed E-state index contributed by atoms with van der Waals surface area (Å²) in [6, 6.07) is 27.8. The molecule has 180 valence electrons. The van der Waals surface area contributed by atoms with Crippen LogP contribution in [0.25, 0.3) is 6.08 Å². The third-order valence-corrected chi connectivity index (χ3v) is 7.54. The van der Waals surface area contributed by atoms with Crippen LogP contribution in [-0.2, 0) is 11.3 Å². The first-order valence-corrected chi connectivity index (χ1v) is 13.0. The Bertz CT molecular complexity index is 1390. The van der Waals surface area contributed by atoms with Crippen molar-refractivity contribution in [2.45, 2.75) is 23.3 Å². The molecule has 1 aliphatic heterocycles. The van der Waals surface area contributed by atoms with E-state index in [-0.39, 0.29) is 5.91 Å². The minimum absolute atomic E-state index is 0.0956. The van der Waals surface area contributed by atoms with E-state index < -0.39 is 0 Å². The first kappa shape index (κ1) is 24.0. The van der Waals surface area contributed by atoms with Crippen LogP contribution in [-0.4, -0.2) is 23.1 Å². The molecule has 5 rings (SSSR count). The Morgan fingerprint density at radius 3 is 2.31 bits per heavy atom. The molecule has 1 fully saturated rings. The number of aryl methyl sites for hydroxylation is 1. The summed E-state index contributed by atoms with van der Waals surface area (Å²) in [5.41, 5.74) is 2.95. The van der Waals surface area contributed by atoms with Crippen LogP contribution in [0.5, 0.6) is 5.75 Å². The Morgan fingerprint density at radius 1 is 0.972 bits per heavy atom. The number of amidine groups is 1. The molecule has 0 radical (unpaired) electrons. The highest BCUT2D eigenvalue weighted by Crippen LogP contribution is 2.36. The van der Waals surface area contributed by atoms with Gasteiger partial charge in [0.1, 0.15) is 11.5 Å². The average molecular weight is 513 g/mol. The van der Waals surface area contributed by atoms with Crippen molar-refractivity contribution in [3.63, 3.8) is 0 Å². The molecule has 7 heteroatoms. The summed E-state index contributed by atoms with van der Waals surface area (Å²) in [4.78, 5) is 22.7. The molecular weight excluding hydrogens is 488 g/mol. The van der Waals surface area contributed by atoms with Crippen LogP contribution in [0.4, 0.5) is 5.69 Å². The van der Waals surface area contributed by atoms with E-state index in [0.29, 0.717) is 22.4 Å². The lowest BCUT2D eigenvalue weighted by Crippen LogP contribution is -2.28. The molecule has 0 N–H and O–H groups in total. The average Bonchev–Trinajstić information content (AvgIpc) is 3.51. The van der Waals surface area contributed by atoms with Crippen molar-refractivity contribution < 1.29 is 13.9 Å². The maximum absolute atomic E-state index is 13.4. The van der Waals surface area contributed by atoms with Crippen molar-refractivity contribution in [2.75, 3.05) is 7.11 Å². The van der Waals surface area contributed by atoms with E-state index >= 15 is 0 Å². The number of amides is 1. The second-order valence-corrected chi connectivity index (χ2v) is 10.3. The fraction of sp³-hybridized carbons (Fsp3) is 0.103. The number of carbonyl (C=O) groups is 1. The Hall–Kier alpha value is -3.68. The minimum atomic E-state index is -0.0956. The number of nitrogens with zero attached hydrogens (tertiary/aromatic N) is 2. The van der Waals surface area contributed by atoms with Crippen molar-refractivity contribution in [3.8, 4) is 5.75 Å². The van der Waals surface area contributed by atoms with E-state index in [0.717, 1.165) is 21.9 Å². The number of aliphatic imine (C=N–C) groups is 1. The molecule has 4 aromatic rings. The molecule has 1 aliphatic rings. The van der Waals surface area contributed by atoms with Crippen LogP contribution in [0.1, 0.15) is 16.9 Å². The second kappa shape index (κ2) is 10.9. The van der Waals surface area contributed by atoms with Gasteiger partial charge in [-0.2, -0.15) is 0 Å². The number of hydrogen-bond acceptors (Lipinski definition) is 6. The molecule has 0 saturated carbocycles. The first-order chi connectivity index (χ1) is 17.6. The smallest absolute Gasteiger partial charge is 0.267 e. The van der Waals surface area contributed by atoms with Crippen LogP contribution in [0.3, 0.4) is 0 Å². The van der Waals surface area contributed by atoms with Gasteiger partial charge in [0.2, 0.25) is 0 Å². The molecule has 0 bridgehead atoms. The lowest BCUT2D eigenvalue weighted by molar-refractivity contribution is -0.122. The van der Waals surface area contributed by atoms with Crippen LogP contribution in [0.15, 0.2) is 115 Å². The molecular formula is C29H24N2O3S2. The van der Waals surface area contributed by atoms with E-state index in [9.17, 15) is 4.79 Å². The molecule has 0 unspecified atom stereocenters. The largest absolute Gasteiger partial charge is 0.497 e. The minimum Gasteiger partial charge on any atom is -0.497 e. The number of carbonyl (C=O) groups excluding carboxylic acids is 1. The van der Waals surface area contributed by atoms with E-state index in [2.05, 4.69) is 43.3 Å². The molecule has 0 aliphatic carbocycles. The number of hydrogen-bond donors (Lipinski definition) is 0. The van der Waals surface area contributed by atoms with Crippen molar-refractivity contribution in [3.05, 3.63) is 113 Å². The van der Waals surface area contributed by atoms with Gasteiger partial charge >= 0.3 is 0 Å². The van der Waals surface area contributed by atoms with Crippen molar-refractivity contribution in [1.82, 2.24) is 4.90 Å². The van der Waals surface area contributed by atoms with E-state index in [1.807, 2.05) is 54.6 Å². The summed E-state index contributed by atoms with van der Waals surface area (Å²) in [6.07, 6.45) is 3.52. The SMILES string of the molecule is COc1ccc(N=C2S/C(=C\c3ccc(Sc4ccc(C)cc4)cc3)C(=O)N2Cc2ccco2)cc1. The zero-order chi connectivity index (χ0) is 24.9. The molecule has 0 atom stereocenters. The number of rotatable bonds is 7. The van der Waals surface area contributed by atoms with Crippen LogP contribution in [0, 0.1) is 6.92 Å². The van der Waals surface area contributed by atoms with Crippen molar-refractivity contribution in [2.24, 2.45) is 4.99 Å². The monoisotopic (exact) mass is 512 g/mol. The van der Waals surface area contributed by atoms with Gasteiger partial charge < -0.3 is 9.15 Å². The van der Waals surface area contributed by atoms with Crippen molar-refractivity contribution in [1.29, 1.82) is 0 Å². The fourth-order valence-corrected chi connectivity index (χ4v) is 5.40. The summed E-state index contributed by atoms with van der Waals surface area (Å²) in [6.45, 7) is 2.40. The van der Waals surface area contributed by atoms with E-state index in [4.69, 9.17) is 14.1 Å². The van der Waals surface area contributed by atoms with Gasteiger partial charge in [-0.3, -0.25) is 9.69 Å². The maximum Gasteiger partial charge on any atom is 0.267 e. The van der Waals surface area contributed by atoms with Gasteiger partial charge in [-0.05, 0) is 91.0 Å². The molecule has 5 nitrogen and oxygen atoms in total. The molecule has 36 heavy (non-hydrogen) atoms. The lowest BCUT2D eigenvalue weighted by atomic mass is 10.2. The molecule has 1 saturated heterocycles. The number of ether oxygens (including phenoxy) is 1. The summed E-state index contributed by atoms with van der Waals surface area (Å²) in [5.74, 6) is 1.36. The van der Waals surface area contributed by atoms with Gasteiger partial charge in [0, 0.05) is 9.79 Å². The Balaban J connectivity index is 1.38. The lowest BCUT2D eigenvalue weighted by Gasteiger charge is -2.13. The van der Waals surface area contributed by atoms with Gasteiger partial charge in [0.15, 0.2) is 5.17 Å². The van der Waals surface area contributed by atoms with E-state index in [1.54, 1.807) is 30.0 Å². The fourth-order valence-electron chi connectivity index (χ4n) is 3.58. The van der Waals surface area contributed by atoms with Gasteiger partial charge in [0.25, 0.3) is 5.91 Å². The van der Waals surface area contributed by atoms with Crippen molar-refractivity contribution >= 4 is 46.4 Å². The summed E-state index contributed by atoms with van der Waals surface area (Å²) < 4.78 is 10.7. The summed E-state index contributed by atoms with van der Waals surface area (Å²) >= 11 is 3.08. The predicted molar refractivity (Wildman–Crippen MR) is 147 cm³/mol. The van der Waals surface area contributed by atoms with Gasteiger partial charge in [0.05, 0.1) is 30.5 Å². The molecule has 0 spiro atoms. The first-order valence-electron chi connectivity index (χ1n) is 11.4. The Labute approximate surface area is 218 Å². The van der Waals surface area contributed by atoms with Crippen LogP contribution in [0.2, 0.25) is 0 Å². The Kier molecular flexibility index (Phi) is 7.30. The number of furan rings is 1. The number of methoxy groups -OCH3 is 1. The highest BCUT2D eigenvalue weighted by molar-refractivity contribution is 8.18. The molecule has 2 heterocycles. The number of thioether (sulfide) groups is 1. The van der Waals surface area contributed by atoms with Crippen LogP contribution >= 0.6 is 23.5 Å². The standard InChI is InChI=1S/C29H24N2O3S2/c1-20-5-13-25(14-6-20)35-26-15-7-21(8-16-26)18-27-28(32)31(19-24-4-3-17-34-24)29(36-27)30-22-9-11-23(33-2)12-10-22/h3-18H,19H2,1-2H3/b27-18-,30-29?. The zero-order valence-electron chi connectivity index (χ0n) is 19.9. The third-order valence-electron chi connectivity index (χ3n) is 5.51. The Morgan fingerprint density at radius 2 is 1.67 bits per heavy atom. The zero-order valence-corrected chi connectivity index (χ0v) is 21.5. The molecule has 3 aromatic carbocycles. The normalized spacial score (nSPS) is 15.7. The highest BCUT2D eigenvalue weighted by Gasteiger charge is 2.34. The van der Waals surface area contributed by atoms with Gasteiger partial charge in [-0.15, -0.1) is 0 Å². The van der Waals surface area contributed by atoms with Crippen LogP contribution < -0.4 is 4.74 Å². The highest BCUT2D eigenvalue weighted by atomic mass is 32.2. The topological polar surface area (TPSA) is 55.0 Å². The van der Waals surface area contributed by atoms with Gasteiger partial charge in [-0.1, -0.05) is 41.6 Å².